The molecule has 8 nitrogen and oxygen atoms in total. The van der Waals surface area contributed by atoms with Crippen molar-refractivity contribution in [3.8, 4) is 11.4 Å². The van der Waals surface area contributed by atoms with Crippen LogP contribution in [0.2, 0.25) is 0 Å². The van der Waals surface area contributed by atoms with Crippen LogP contribution in [-0.2, 0) is 0 Å². The number of pyridine rings is 3. The lowest BCUT2D eigenvalue weighted by atomic mass is 9.78. The zero-order valence-corrected chi connectivity index (χ0v) is 22.7. The summed E-state index contributed by atoms with van der Waals surface area (Å²) in [7, 11) is 2.10. The maximum atomic E-state index is 14.2. The Labute approximate surface area is 230 Å². The molecule has 6 rings (SSSR count). The number of nitrogens with one attached hydrogen (secondary N) is 2. The van der Waals surface area contributed by atoms with Gasteiger partial charge < -0.3 is 15.5 Å². The van der Waals surface area contributed by atoms with E-state index in [9.17, 15) is 13.2 Å². The van der Waals surface area contributed by atoms with Crippen LogP contribution in [0.3, 0.4) is 0 Å². The van der Waals surface area contributed by atoms with Gasteiger partial charge in [-0.1, -0.05) is 20.3 Å². The smallest absolute Gasteiger partial charge is 0.251 e. The number of halogens is 3. The summed E-state index contributed by atoms with van der Waals surface area (Å²) in [5.74, 6) is -2.33. The molecule has 0 radical (unpaired) electrons. The van der Waals surface area contributed by atoms with Crippen molar-refractivity contribution in [1.82, 2.24) is 30.2 Å². The van der Waals surface area contributed by atoms with Crippen LogP contribution in [0.1, 0.15) is 51.0 Å². The maximum Gasteiger partial charge on any atom is 0.251 e. The van der Waals surface area contributed by atoms with Crippen LogP contribution in [0.4, 0.5) is 30.6 Å². The molecule has 2 fully saturated rings. The molecule has 5 heterocycles. The molecule has 4 aromatic rings. The van der Waals surface area contributed by atoms with Crippen molar-refractivity contribution in [3.05, 3.63) is 59.9 Å². The second kappa shape index (κ2) is 10.3. The summed E-state index contributed by atoms with van der Waals surface area (Å²) in [5.41, 5.74) is 2.57. The van der Waals surface area contributed by atoms with Crippen molar-refractivity contribution < 1.29 is 13.2 Å². The van der Waals surface area contributed by atoms with E-state index >= 15 is 0 Å². The first-order valence-corrected chi connectivity index (χ1v) is 13.6. The maximum absolute atomic E-state index is 14.2. The van der Waals surface area contributed by atoms with Crippen molar-refractivity contribution in [3.63, 3.8) is 0 Å². The fourth-order valence-electron chi connectivity index (χ4n) is 5.82. The Bertz CT molecular complexity index is 1570. The summed E-state index contributed by atoms with van der Waals surface area (Å²) in [6, 6.07) is 4.07. The monoisotopic (exact) mass is 548 g/mol. The van der Waals surface area contributed by atoms with E-state index in [1.165, 1.54) is 18.2 Å². The van der Waals surface area contributed by atoms with E-state index in [4.69, 9.17) is 9.97 Å². The van der Waals surface area contributed by atoms with E-state index in [1.807, 2.05) is 6.20 Å². The molecular formula is C29H31F3N8. The number of nitrogens with zero attached hydrogens (tertiary/aromatic N) is 6. The third-order valence-corrected chi connectivity index (χ3v) is 8.19. The highest BCUT2D eigenvalue weighted by Crippen LogP contribution is 2.43. The molecule has 2 N–H and O–H groups in total. The van der Waals surface area contributed by atoms with Gasteiger partial charge in [0.15, 0.2) is 23.3 Å². The normalized spacial score (nSPS) is 18.9. The Kier molecular flexibility index (Phi) is 6.77. The van der Waals surface area contributed by atoms with Gasteiger partial charge in [0.05, 0.1) is 11.7 Å². The van der Waals surface area contributed by atoms with Gasteiger partial charge in [-0.05, 0) is 54.8 Å². The summed E-state index contributed by atoms with van der Waals surface area (Å²) >= 11 is 0. The lowest BCUT2D eigenvalue weighted by Gasteiger charge is -2.45. The van der Waals surface area contributed by atoms with Crippen LogP contribution in [-0.4, -0.2) is 51.1 Å². The van der Waals surface area contributed by atoms with E-state index in [2.05, 4.69) is 51.4 Å². The molecule has 1 aliphatic heterocycles. The van der Waals surface area contributed by atoms with Crippen molar-refractivity contribution in [2.24, 2.45) is 5.41 Å². The molecule has 0 spiro atoms. The molecule has 208 valence electrons. The molecule has 11 heteroatoms. The van der Waals surface area contributed by atoms with Crippen molar-refractivity contribution >= 4 is 28.4 Å². The fraction of sp³-hybridized carbons (Fsp3) is 0.414. The first kappa shape index (κ1) is 26.4. The van der Waals surface area contributed by atoms with Gasteiger partial charge in [-0.3, -0.25) is 4.98 Å². The van der Waals surface area contributed by atoms with Crippen LogP contribution >= 0.6 is 0 Å². The van der Waals surface area contributed by atoms with Gasteiger partial charge in [-0.15, -0.1) is 0 Å². The summed E-state index contributed by atoms with van der Waals surface area (Å²) in [5, 5.41) is 7.18. The van der Waals surface area contributed by atoms with Gasteiger partial charge in [0.25, 0.3) is 5.95 Å². The lowest BCUT2D eigenvalue weighted by Crippen LogP contribution is -2.53. The largest absolute Gasteiger partial charge is 0.355 e. The fourth-order valence-corrected chi connectivity index (χ4v) is 5.82. The van der Waals surface area contributed by atoms with Gasteiger partial charge in [-0.2, -0.15) is 9.37 Å². The molecule has 4 aromatic heterocycles. The minimum absolute atomic E-state index is 0.0172. The molecular weight excluding hydrogens is 517 g/mol. The third-order valence-electron chi connectivity index (χ3n) is 8.19. The van der Waals surface area contributed by atoms with Gasteiger partial charge in [0.1, 0.15) is 11.6 Å². The molecule has 1 saturated carbocycles. The number of fused-ring (bicyclic) bond motifs is 1. The average Bonchev–Trinajstić information content (AvgIpc) is 2.90. The number of hydrogen-bond donors (Lipinski definition) is 2. The molecule has 1 unspecified atom stereocenters. The quantitative estimate of drug-likeness (QED) is 0.295. The van der Waals surface area contributed by atoms with Gasteiger partial charge in [0.2, 0.25) is 0 Å². The van der Waals surface area contributed by atoms with E-state index in [0.29, 0.717) is 23.4 Å². The molecule has 1 aliphatic carbocycles. The Hall–Kier alpha value is -3.86. The molecule has 2 aliphatic rings. The number of aromatic nitrogens is 5. The predicted octanol–water partition coefficient (Wildman–Crippen LogP) is 5.73. The summed E-state index contributed by atoms with van der Waals surface area (Å²) < 4.78 is 41.2. The average molecular weight is 549 g/mol. The number of rotatable bonds is 6. The van der Waals surface area contributed by atoms with E-state index in [-0.39, 0.29) is 17.3 Å². The minimum atomic E-state index is -1.40. The Balaban J connectivity index is 1.45. The molecule has 0 aromatic carbocycles. The van der Waals surface area contributed by atoms with Gasteiger partial charge >= 0.3 is 0 Å². The van der Waals surface area contributed by atoms with E-state index in [1.54, 1.807) is 18.3 Å². The van der Waals surface area contributed by atoms with Crippen LogP contribution in [0.25, 0.3) is 22.3 Å². The molecule has 1 saturated heterocycles. The van der Waals surface area contributed by atoms with Crippen LogP contribution in [0.15, 0.2) is 36.8 Å². The van der Waals surface area contributed by atoms with E-state index < -0.39 is 23.4 Å². The highest BCUT2D eigenvalue weighted by atomic mass is 19.2. The van der Waals surface area contributed by atoms with Crippen molar-refractivity contribution in [1.29, 1.82) is 0 Å². The summed E-state index contributed by atoms with van der Waals surface area (Å²) in [4.78, 5) is 24.4. The standard InChI is InChI=1S/C29H31F3N8/c1-29(2)15-33-9-8-22(29)40(3)28-24-18(16-5-4-6-16)13-34-14-21(24)36-26(39-28)17-7-10-35-23(11-17)37-27-20(31)12-19(30)25(32)38-27/h7,10-14,16,22,33H,4-6,8-9,15H2,1-3H3,(H,35,37,38). The highest BCUT2D eigenvalue weighted by Gasteiger charge is 2.37. The first-order valence-electron chi connectivity index (χ1n) is 13.6. The minimum Gasteiger partial charge on any atom is -0.355 e. The predicted molar refractivity (Wildman–Crippen MR) is 148 cm³/mol. The number of hydrogen-bond acceptors (Lipinski definition) is 8. The summed E-state index contributed by atoms with van der Waals surface area (Å²) in [6.45, 7) is 6.37. The Morgan fingerprint density at radius 1 is 1.02 bits per heavy atom. The van der Waals surface area contributed by atoms with Crippen molar-refractivity contribution in [2.75, 3.05) is 30.4 Å². The van der Waals surface area contributed by atoms with Gasteiger partial charge in [-0.25, -0.2) is 23.7 Å². The second-order valence-electron chi connectivity index (χ2n) is 11.3. The molecule has 0 amide bonds. The summed E-state index contributed by atoms with van der Waals surface area (Å²) in [6.07, 6.45) is 9.67. The van der Waals surface area contributed by atoms with E-state index in [0.717, 1.165) is 49.1 Å². The number of anilines is 3. The second-order valence-corrected chi connectivity index (χ2v) is 11.3. The highest BCUT2D eigenvalue weighted by molar-refractivity contribution is 5.94. The zero-order chi connectivity index (χ0) is 28.0. The molecule has 40 heavy (non-hydrogen) atoms. The molecule has 0 bridgehead atoms. The van der Waals surface area contributed by atoms with Crippen LogP contribution < -0.4 is 15.5 Å². The van der Waals surface area contributed by atoms with Crippen LogP contribution in [0.5, 0.6) is 0 Å². The third kappa shape index (κ3) is 4.83. The topological polar surface area (TPSA) is 91.8 Å². The van der Waals surface area contributed by atoms with Gasteiger partial charge in [0, 0.05) is 49.0 Å². The lowest BCUT2D eigenvalue weighted by molar-refractivity contribution is 0.215. The first-order chi connectivity index (χ1) is 19.2. The SMILES string of the molecule is CN(c1nc(-c2ccnc(Nc3nc(F)c(F)cc3F)c2)nc2cncc(C3CCC3)c12)C1CCNCC1(C)C. The zero-order valence-electron chi connectivity index (χ0n) is 22.7. The molecule has 1 atom stereocenters. The van der Waals surface area contributed by atoms with Crippen LogP contribution in [0, 0.1) is 23.0 Å². The Morgan fingerprint density at radius 3 is 2.60 bits per heavy atom. The van der Waals surface area contributed by atoms with Crippen molar-refractivity contribution in [2.45, 2.75) is 51.5 Å². The Morgan fingerprint density at radius 2 is 1.85 bits per heavy atom. The number of piperidine rings is 1.